The Morgan fingerprint density at radius 3 is 2.79 bits per heavy atom. The molecule has 0 radical (unpaired) electrons. The second-order valence-corrected chi connectivity index (χ2v) is 14.5. The van der Waals surface area contributed by atoms with Crippen LogP contribution in [0.1, 0.15) is 43.6 Å². The summed E-state index contributed by atoms with van der Waals surface area (Å²) in [6.45, 7) is 4.25. The number of rotatable bonds is 8. The van der Waals surface area contributed by atoms with Crippen molar-refractivity contribution in [3.05, 3.63) is 83.3 Å². The Morgan fingerprint density at radius 1 is 1.10 bits per heavy atom. The van der Waals surface area contributed by atoms with E-state index in [1.54, 1.807) is 48.5 Å². The van der Waals surface area contributed by atoms with Crippen LogP contribution in [0.3, 0.4) is 0 Å². The predicted molar refractivity (Wildman–Crippen MR) is 198 cm³/mol. The second-order valence-electron chi connectivity index (χ2n) is 14.1. The van der Waals surface area contributed by atoms with Crippen molar-refractivity contribution in [3.8, 4) is 17.3 Å². The van der Waals surface area contributed by atoms with E-state index in [1.807, 2.05) is 36.2 Å². The number of amides is 1. The minimum Gasteiger partial charge on any atom is -0.461 e. The van der Waals surface area contributed by atoms with Crippen LogP contribution in [0.2, 0.25) is 5.02 Å². The number of aryl methyl sites for hydroxylation is 1. The summed E-state index contributed by atoms with van der Waals surface area (Å²) in [7, 11) is 1.89. The average molecular weight is 725 g/mol. The van der Waals surface area contributed by atoms with Gasteiger partial charge in [-0.1, -0.05) is 41.9 Å². The monoisotopic (exact) mass is 724 g/mol. The topological polar surface area (TPSA) is 100 Å². The number of piperidine rings is 1. The van der Waals surface area contributed by atoms with Gasteiger partial charge in [-0.15, -0.1) is 0 Å². The van der Waals surface area contributed by atoms with Crippen molar-refractivity contribution >= 4 is 51.1 Å². The number of carbonyl (C=O) groups excluding carboxylic acids is 1. The molecule has 5 aromatic rings. The molecule has 0 unspecified atom stereocenters. The number of likely N-dealkylation sites (tertiary alicyclic amines) is 1. The van der Waals surface area contributed by atoms with Crippen molar-refractivity contribution in [2.24, 2.45) is 0 Å². The first-order chi connectivity index (χ1) is 25.2. The molecule has 3 atom stereocenters. The molecule has 52 heavy (non-hydrogen) atoms. The van der Waals surface area contributed by atoms with Crippen molar-refractivity contribution in [1.82, 2.24) is 34.7 Å². The van der Waals surface area contributed by atoms with Gasteiger partial charge in [-0.2, -0.15) is 9.97 Å². The van der Waals surface area contributed by atoms with E-state index in [4.69, 9.17) is 21.3 Å². The molecule has 3 aromatic heterocycles. The maximum Gasteiger partial charge on any atom is 0.319 e. The molecule has 3 saturated heterocycles. The van der Waals surface area contributed by atoms with Gasteiger partial charge in [0, 0.05) is 73.6 Å². The number of aromatic nitrogens is 5. The fourth-order valence-corrected chi connectivity index (χ4v) is 8.44. The molecule has 0 aliphatic carbocycles. The summed E-state index contributed by atoms with van der Waals surface area (Å²) < 4.78 is 37.8. The molecule has 0 saturated carbocycles. The Balaban J connectivity index is 1.15. The van der Waals surface area contributed by atoms with Gasteiger partial charge in [0.2, 0.25) is 5.91 Å². The van der Waals surface area contributed by atoms with Crippen LogP contribution in [0.15, 0.2) is 60.9 Å². The number of carbonyl (C=O) groups is 1. The molecule has 6 heterocycles. The third-order valence-corrected chi connectivity index (χ3v) is 11.1. The number of fused-ring (bicyclic) bond motifs is 3. The van der Waals surface area contributed by atoms with E-state index >= 15 is 4.39 Å². The van der Waals surface area contributed by atoms with Crippen molar-refractivity contribution < 1.29 is 18.3 Å². The van der Waals surface area contributed by atoms with Crippen LogP contribution in [0.25, 0.3) is 39.0 Å². The Kier molecular flexibility index (Phi) is 9.21. The van der Waals surface area contributed by atoms with Crippen LogP contribution >= 0.6 is 11.6 Å². The van der Waals surface area contributed by atoms with E-state index in [2.05, 4.69) is 24.8 Å². The van der Waals surface area contributed by atoms with Gasteiger partial charge in [0.05, 0.1) is 16.6 Å². The van der Waals surface area contributed by atoms with Crippen molar-refractivity contribution in [1.29, 1.82) is 0 Å². The van der Waals surface area contributed by atoms with Gasteiger partial charge < -0.3 is 14.5 Å². The quantitative estimate of drug-likeness (QED) is 0.160. The molecule has 0 N–H and O–H groups in total. The van der Waals surface area contributed by atoms with Gasteiger partial charge in [0.1, 0.15) is 35.6 Å². The zero-order valence-corrected chi connectivity index (χ0v) is 29.9. The van der Waals surface area contributed by atoms with Crippen molar-refractivity contribution in [3.63, 3.8) is 0 Å². The molecule has 8 rings (SSSR count). The fraction of sp³-hybridized carbons (Fsp3) is 0.385. The molecule has 268 valence electrons. The minimum atomic E-state index is -0.918. The first-order valence-corrected chi connectivity index (χ1v) is 18.1. The molecule has 1 amide bonds. The lowest BCUT2D eigenvalue weighted by atomic mass is 9.95. The number of alkyl halides is 1. The number of anilines is 1. The lowest BCUT2D eigenvalue weighted by Gasteiger charge is -2.38. The zero-order chi connectivity index (χ0) is 36.0. The number of halogens is 3. The summed E-state index contributed by atoms with van der Waals surface area (Å²) >= 11 is 6.64. The van der Waals surface area contributed by atoms with Gasteiger partial charge in [0.15, 0.2) is 5.82 Å². The molecule has 0 spiro atoms. The highest BCUT2D eigenvalue weighted by Gasteiger charge is 2.49. The predicted octanol–water partition coefficient (Wildman–Crippen LogP) is 6.83. The number of hydrogen-bond donors (Lipinski definition) is 0. The van der Waals surface area contributed by atoms with Gasteiger partial charge in [-0.05, 0) is 62.7 Å². The lowest BCUT2D eigenvalue weighted by molar-refractivity contribution is -0.127. The normalized spacial score (nSPS) is 22.1. The maximum atomic E-state index is 16.9. The fourth-order valence-electron chi connectivity index (χ4n) is 8.16. The SMILES string of the molecule is Cc1nccc(/C=C/C(=O)N2CCC[C@H](N(C)c3nc(OC[C@@]45CCCN4C[C@H](F)C5)nc4c(F)c(-c5cccc6cccc(Cl)c56)ncc34)C2)n1. The van der Waals surface area contributed by atoms with E-state index < -0.39 is 17.5 Å². The Hall–Kier alpha value is -4.81. The van der Waals surface area contributed by atoms with E-state index in [9.17, 15) is 9.18 Å². The summed E-state index contributed by atoms with van der Waals surface area (Å²) in [5.74, 6) is 0.322. The molecular formula is C39H39ClF2N8O2. The standard InChI is InChI=1S/C39H39ClF2N8O2/c1-24-43-16-14-27(45-24)12-13-32(51)49-17-5-9-28(22-49)48(2)37-30-20-44-35(29-10-3-7-25-8-4-11-31(40)33(25)29)34(42)36(30)46-38(47-37)52-23-39-15-6-18-50(39)21-26(41)19-39/h3-4,7-8,10-14,16,20,26,28H,5-6,9,15,17-19,21-23H2,1-2H3/b13-12+/t26-,28+,39+/m1/s1. The largest absolute Gasteiger partial charge is 0.461 e. The van der Waals surface area contributed by atoms with Crippen LogP contribution in [0.4, 0.5) is 14.6 Å². The van der Waals surface area contributed by atoms with Gasteiger partial charge in [0.25, 0.3) is 0 Å². The van der Waals surface area contributed by atoms with Crippen molar-refractivity contribution in [2.75, 3.05) is 44.7 Å². The van der Waals surface area contributed by atoms with E-state index in [1.165, 1.54) is 6.08 Å². The van der Waals surface area contributed by atoms with Crippen LogP contribution in [-0.2, 0) is 4.79 Å². The maximum absolute atomic E-state index is 16.9. The summed E-state index contributed by atoms with van der Waals surface area (Å²) in [5.41, 5.74) is 0.939. The third kappa shape index (κ3) is 6.43. The van der Waals surface area contributed by atoms with Crippen molar-refractivity contribution in [2.45, 2.75) is 56.8 Å². The molecule has 0 bridgehead atoms. The molecule has 3 aliphatic heterocycles. The smallest absolute Gasteiger partial charge is 0.319 e. The average Bonchev–Trinajstić information content (AvgIpc) is 3.68. The molecular weight excluding hydrogens is 686 g/mol. The number of benzene rings is 2. The summed E-state index contributed by atoms with van der Waals surface area (Å²) in [6, 6.07) is 12.7. The molecule has 13 heteroatoms. The lowest BCUT2D eigenvalue weighted by Crippen LogP contribution is -2.48. The van der Waals surface area contributed by atoms with Gasteiger partial charge in [-0.3, -0.25) is 14.7 Å². The number of nitrogens with zero attached hydrogens (tertiary/aromatic N) is 8. The van der Waals surface area contributed by atoms with E-state index in [0.717, 1.165) is 37.6 Å². The van der Waals surface area contributed by atoms with Crippen LogP contribution in [-0.4, -0.2) is 98.2 Å². The number of ether oxygens (including phenoxy) is 1. The molecule has 2 aromatic carbocycles. The minimum absolute atomic E-state index is 0.0108. The first kappa shape index (κ1) is 34.3. The Labute approximate surface area is 305 Å². The highest BCUT2D eigenvalue weighted by molar-refractivity contribution is 6.36. The number of likely N-dealkylation sites (N-methyl/N-ethyl adjacent to an activating group) is 1. The Morgan fingerprint density at radius 2 is 1.94 bits per heavy atom. The zero-order valence-electron chi connectivity index (χ0n) is 29.1. The molecule has 3 aliphatic rings. The van der Waals surface area contributed by atoms with E-state index in [0.29, 0.717) is 64.7 Å². The number of pyridine rings is 1. The summed E-state index contributed by atoms with van der Waals surface area (Å²) in [5, 5.41) is 2.46. The molecule has 10 nitrogen and oxygen atoms in total. The molecule has 3 fully saturated rings. The highest BCUT2D eigenvalue weighted by atomic mass is 35.5. The summed E-state index contributed by atoms with van der Waals surface area (Å²) in [6.07, 6.45) is 9.29. The van der Waals surface area contributed by atoms with Crippen LogP contribution in [0, 0.1) is 12.7 Å². The second kappa shape index (κ2) is 14.0. The van der Waals surface area contributed by atoms with Gasteiger partial charge >= 0.3 is 6.01 Å². The van der Waals surface area contributed by atoms with Gasteiger partial charge in [-0.25, -0.2) is 18.7 Å². The van der Waals surface area contributed by atoms with Crippen LogP contribution < -0.4 is 9.64 Å². The van der Waals surface area contributed by atoms with Crippen LogP contribution in [0.5, 0.6) is 6.01 Å². The van der Waals surface area contributed by atoms with E-state index in [-0.39, 0.29) is 35.8 Å². The first-order valence-electron chi connectivity index (χ1n) is 17.7. The summed E-state index contributed by atoms with van der Waals surface area (Å²) in [4.78, 5) is 41.8. The Bertz CT molecular complexity index is 2200. The number of hydrogen-bond acceptors (Lipinski definition) is 9. The third-order valence-electron chi connectivity index (χ3n) is 10.8. The highest BCUT2D eigenvalue weighted by Crippen LogP contribution is 2.41.